The summed E-state index contributed by atoms with van der Waals surface area (Å²) in [7, 11) is 3.54. The van der Waals surface area contributed by atoms with Crippen LogP contribution in [0, 0.1) is 6.92 Å². The second-order valence-electron chi connectivity index (χ2n) is 7.22. The van der Waals surface area contributed by atoms with Gasteiger partial charge in [-0.05, 0) is 38.2 Å². The van der Waals surface area contributed by atoms with Crippen LogP contribution < -0.4 is 10.9 Å². The van der Waals surface area contributed by atoms with Crippen molar-refractivity contribution in [3.8, 4) is 0 Å². The van der Waals surface area contributed by atoms with Crippen LogP contribution in [0.15, 0.2) is 53.3 Å². The number of aromatic nitrogens is 4. The van der Waals surface area contributed by atoms with E-state index in [1.807, 2.05) is 71.8 Å². The molecule has 0 saturated carbocycles. The van der Waals surface area contributed by atoms with Crippen LogP contribution >= 0.6 is 0 Å². The summed E-state index contributed by atoms with van der Waals surface area (Å²) in [4.78, 5) is 26.8. The number of anilines is 1. The van der Waals surface area contributed by atoms with Gasteiger partial charge in [0, 0.05) is 12.7 Å². The molecular weight excluding hydrogens is 368 g/mol. The number of nitrogens with zero attached hydrogens (tertiary/aromatic N) is 5. The number of hydrogen-bond acceptors (Lipinski definition) is 5. The number of amides is 1. The van der Waals surface area contributed by atoms with Gasteiger partial charge >= 0.3 is 0 Å². The van der Waals surface area contributed by atoms with E-state index in [0.29, 0.717) is 23.5 Å². The number of para-hydroxylation sites is 1. The number of rotatable bonds is 5. The molecule has 148 valence electrons. The number of hydrogen-bond donors (Lipinski definition) is 1. The summed E-state index contributed by atoms with van der Waals surface area (Å²) >= 11 is 0. The third-order valence-corrected chi connectivity index (χ3v) is 4.82. The maximum absolute atomic E-state index is 12.7. The molecule has 4 aromatic rings. The molecule has 1 N–H and O–H groups in total. The molecule has 0 atom stereocenters. The van der Waals surface area contributed by atoms with Crippen molar-refractivity contribution in [2.45, 2.75) is 13.5 Å². The smallest absolute Gasteiger partial charge is 0.262 e. The third-order valence-electron chi connectivity index (χ3n) is 4.82. The monoisotopic (exact) mass is 390 g/mol. The predicted octanol–water partition coefficient (Wildman–Crippen LogP) is 1.96. The normalized spacial score (nSPS) is 11.4. The lowest BCUT2D eigenvalue weighted by Crippen LogP contribution is -2.30. The predicted molar refractivity (Wildman–Crippen MR) is 112 cm³/mol. The van der Waals surface area contributed by atoms with Gasteiger partial charge in [0.15, 0.2) is 5.82 Å². The average molecular weight is 390 g/mol. The molecule has 4 rings (SSSR count). The van der Waals surface area contributed by atoms with E-state index in [4.69, 9.17) is 0 Å². The number of likely N-dealkylation sites (N-methyl/N-ethyl adjacent to an activating group) is 1. The van der Waals surface area contributed by atoms with Crippen molar-refractivity contribution in [2.75, 3.05) is 18.9 Å². The van der Waals surface area contributed by atoms with Crippen LogP contribution in [0.25, 0.3) is 16.7 Å². The fraction of sp³-hybridized carbons (Fsp3) is 0.238. The third kappa shape index (κ3) is 3.62. The van der Waals surface area contributed by atoms with E-state index in [1.165, 1.54) is 4.57 Å². The molecule has 0 saturated heterocycles. The van der Waals surface area contributed by atoms with E-state index >= 15 is 0 Å². The minimum Gasteiger partial charge on any atom is -0.325 e. The van der Waals surface area contributed by atoms with Gasteiger partial charge in [0.1, 0.15) is 0 Å². The van der Waals surface area contributed by atoms with Gasteiger partial charge < -0.3 is 5.32 Å². The van der Waals surface area contributed by atoms with Gasteiger partial charge in [-0.25, -0.2) is 0 Å². The first-order valence-electron chi connectivity index (χ1n) is 9.31. The van der Waals surface area contributed by atoms with E-state index < -0.39 is 0 Å². The molecule has 8 heteroatoms. The minimum absolute atomic E-state index is 0.106. The van der Waals surface area contributed by atoms with Crippen LogP contribution in [-0.4, -0.2) is 43.6 Å². The van der Waals surface area contributed by atoms with E-state index in [2.05, 4.69) is 15.5 Å². The quantitative estimate of drug-likeness (QED) is 0.563. The Morgan fingerprint density at radius 1 is 1.14 bits per heavy atom. The largest absolute Gasteiger partial charge is 0.325 e. The zero-order valence-corrected chi connectivity index (χ0v) is 16.6. The Labute approximate surface area is 167 Å². The summed E-state index contributed by atoms with van der Waals surface area (Å²) < 4.78 is 3.38. The first kappa shape index (κ1) is 18.8. The van der Waals surface area contributed by atoms with Crippen molar-refractivity contribution >= 4 is 28.3 Å². The molecule has 0 radical (unpaired) electrons. The summed E-state index contributed by atoms with van der Waals surface area (Å²) in [5, 5.41) is 12.0. The SMILES string of the molecule is Cc1ccc2c(c1)c(=O)n(C)c1nnc(CN(C)CC(=O)Nc3ccccc3)n21. The van der Waals surface area contributed by atoms with Crippen LogP contribution in [0.3, 0.4) is 0 Å². The Balaban J connectivity index is 1.62. The van der Waals surface area contributed by atoms with Crippen LogP contribution in [0.2, 0.25) is 0 Å². The molecule has 0 spiro atoms. The Kier molecular flexibility index (Phi) is 4.85. The topological polar surface area (TPSA) is 84.5 Å². The number of nitrogens with one attached hydrogen (secondary N) is 1. The molecule has 0 unspecified atom stereocenters. The zero-order chi connectivity index (χ0) is 20.5. The summed E-state index contributed by atoms with van der Waals surface area (Å²) in [6.45, 7) is 2.56. The van der Waals surface area contributed by atoms with Crippen molar-refractivity contribution in [2.24, 2.45) is 7.05 Å². The van der Waals surface area contributed by atoms with Crippen LogP contribution in [0.1, 0.15) is 11.4 Å². The highest BCUT2D eigenvalue weighted by atomic mass is 16.2. The maximum atomic E-state index is 12.7. The zero-order valence-electron chi connectivity index (χ0n) is 16.6. The number of carbonyl (C=O) groups is 1. The lowest BCUT2D eigenvalue weighted by molar-refractivity contribution is -0.117. The Bertz CT molecular complexity index is 1260. The van der Waals surface area contributed by atoms with Crippen molar-refractivity contribution in [1.29, 1.82) is 0 Å². The molecule has 0 fully saturated rings. The van der Waals surface area contributed by atoms with Crippen molar-refractivity contribution in [3.05, 3.63) is 70.3 Å². The number of fused-ring (bicyclic) bond motifs is 3. The van der Waals surface area contributed by atoms with Gasteiger partial charge in [-0.15, -0.1) is 10.2 Å². The van der Waals surface area contributed by atoms with Crippen LogP contribution in [0.4, 0.5) is 5.69 Å². The average Bonchev–Trinajstić information content (AvgIpc) is 3.10. The molecule has 2 heterocycles. The highest BCUT2D eigenvalue weighted by Crippen LogP contribution is 2.16. The van der Waals surface area contributed by atoms with E-state index in [0.717, 1.165) is 16.8 Å². The number of benzene rings is 2. The van der Waals surface area contributed by atoms with Crippen molar-refractivity contribution in [3.63, 3.8) is 0 Å². The molecule has 0 aliphatic carbocycles. The molecule has 29 heavy (non-hydrogen) atoms. The maximum Gasteiger partial charge on any atom is 0.262 e. The highest BCUT2D eigenvalue weighted by Gasteiger charge is 2.17. The molecular formula is C21H22N6O2. The molecule has 0 aliphatic rings. The summed E-state index contributed by atoms with van der Waals surface area (Å²) in [5.74, 6) is 1.03. The Hall–Kier alpha value is -3.52. The fourth-order valence-electron chi connectivity index (χ4n) is 3.43. The van der Waals surface area contributed by atoms with Gasteiger partial charge in [-0.3, -0.25) is 23.5 Å². The summed E-state index contributed by atoms with van der Waals surface area (Å²) in [6, 6.07) is 15.1. The summed E-state index contributed by atoms with van der Waals surface area (Å²) in [6.07, 6.45) is 0. The minimum atomic E-state index is -0.111. The number of aryl methyl sites for hydroxylation is 2. The van der Waals surface area contributed by atoms with E-state index in [9.17, 15) is 9.59 Å². The van der Waals surface area contributed by atoms with E-state index in [-0.39, 0.29) is 18.0 Å². The van der Waals surface area contributed by atoms with Gasteiger partial charge in [0.2, 0.25) is 11.7 Å². The Morgan fingerprint density at radius 2 is 1.90 bits per heavy atom. The van der Waals surface area contributed by atoms with Crippen molar-refractivity contribution in [1.82, 2.24) is 24.1 Å². The molecule has 2 aromatic heterocycles. The second kappa shape index (κ2) is 7.48. The fourth-order valence-corrected chi connectivity index (χ4v) is 3.43. The van der Waals surface area contributed by atoms with Gasteiger partial charge in [-0.2, -0.15) is 0 Å². The first-order chi connectivity index (χ1) is 13.9. The molecule has 8 nitrogen and oxygen atoms in total. The van der Waals surface area contributed by atoms with Crippen LogP contribution in [0.5, 0.6) is 0 Å². The molecule has 0 bridgehead atoms. The molecule has 2 aromatic carbocycles. The van der Waals surface area contributed by atoms with Gasteiger partial charge in [-0.1, -0.05) is 29.8 Å². The van der Waals surface area contributed by atoms with Gasteiger partial charge in [0.25, 0.3) is 5.56 Å². The van der Waals surface area contributed by atoms with Crippen LogP contribution in [-0.2, 0) is 18.4 Å². The summed E-state index contributed by atoms with van der Waals surface area (Å²) in [5.41, 5.74) is 2.43. The number of carbonyl (C=O) groups excluding carboxylic acids is 1. The first-order valence-corrected chi connectivity index (χ1v) is 9.31. The standard InChI is InChI=1S/C21H22N6O2/c1-14-9-10-17-16(11-14)20(29)26(3)21-24-23-18(27(17)21)12-25(2)13-19(28)22-15-7-5-4-6-8-15/h4-11H,12-13H2,1-3H3,(H,22,28). The Morgan fingerprint density at radius 3 is 2.66 bits per heavy atom. The molecule has 1 amide bonds. The van der Waals surface area contributed by atoms with E-state index in [1.54, 1.807) is 7.05 Å². The highest BCUT2D eigenvalue weighted by molar-refractivity contribution is 5.92. The lowest BCUT2D eigenvalue weighted by atomic mass is 10.1. The second-order valence-corrected chi connectivity index (χ2v) is 7.22. The van der Waals surface area contributed by atoms with Gasteiger partial charge in [0.05, 0.1) is 24.0 Å². The lowest BCUT2D eigenvalue weighted by Gasteiger charge is -2.16. The molecule has 0 aliphatic heterocycles. The van der Waals surface area contributed by atoms with Crippen molar-refractivity contribution < 1.29 is 4.79 Å².